The minimum atomic E-state index is -0.288. The molecule has 0 radical (unpaired) electrons. The van der Waals surface area contributed by atoms with E-state index in [1.165, 1.54) is 12.1 Å². The fourth-order valence-corrected chi connectivity index (χ4v) is 1.61. The largest absolute Gasteiger partial charge is 0.378 e. The molecule has 1 heterocycles. The second kappa shape index (κ2) is 3.87. The van der Waals surface area contributed by atoms with Crippen LogP contribution in [0.2, 0.25) is 0 Å². The fraction of sp³-hybridized carbons (Fsp3) is 0.364. The van der Waals surface area contributed by atoms with Gasteiger partial charge >= 0.3 is 0 Å². The van der Waals surface area contributed by atoms with E-state index < -0.39 is 0 Å². The van der Waals surface area contributed by atoms with Crippen molar-refractivity contribution in [2.24, 2.45) is 0 Å². The molecule has 0 aromatic heterocycles. The van der Waals surface area contributed by atoms with Crippen molar-refractivity contribution >= 4 is 5.69 Å². The topological polar surface area (TPSA) is 36.3 Å². The van der Waals surface area contributed by atoms with Crippen molar-refractivity contribution in [2.75, 3.05) is 25.1 Å². The third kappa shape index (κ3) is 1.79. The zero-order valence-corrected chi connectivity index (χ0v) is 8.40. The molecule has 1 aliphatic heterocycles. The molecule has 0 saturated carbocycles. The number of methoxy groups -OCH3 is 1. The number of hydrogen-bond donors (Lipinski definition) is 0. The molecule has 15 heavy (non-hydrogen) atoms. The van der Waals surface area contributed by atoms with Crippen molar-refractivity contribution in [3.05, 3.63) is 29.6 Å². The number of ether oxygens (including phenoxy) is 1. The molecule has 4 heteroatoms. The average molecular weight is 206 g/mol. The maximum absolute atomic E-state index is 13.4. The van der Waals surface area contributed by atoms with E-state index in [9.17, 15) is 4.39 Å². The molecule has 0 aliphatic carbocycles. The number of rotatable bonds is 2. The maximum Gasteiger partial charge on any atom is 0.146 e. The Balaban J connectivity index is 2.18. The third-order valence-corrected chi connectivity index (χ3v) is 2.60. The maximum atomic E-state index is 13.4. The molecule has 0 atom stereocenters. The lowest BCUT2D eigenvalue weighted by atomic mass is 10.1. The van der Waals surface area contributed by atoms with E-state index in [4.69, 9.17) is 10.00 Å². The van der Waals surface area contributed by atoms with Gasteiger partial charge in [-0.05, 0) is 18.2 Å². The Hall–Kier alpha value is -1.60. The lowest BCUT2D eigenvalue weighted by Gasteiger charge is -2.40. The van der Waals surface area contributed by atoms with E-state index in [0.717, 1.165) is 0 Å². The van der Waals surface area contributed by atoms with Crippen LogP contribution in [-0.4, -0.2) is 26.3 Å². The SMILES string of the molecule is COC1CN(c2cc(C#N)ccc2F)C1. The van der Waals surface area contributed by atoms with Crippen LogP contribution in [0.4, 0.5) is 10.1 Å². The van der Waals surface area contributed by atoms with Gasteiger partial charge in [-0.2, -0.15) is 5.26 Å². The van der Waals surface area contributed by atoms with Gasteiger partial charge in [0, 0.05) is 20.2 Å². The van der Waals surface area contributed by atoms with E-state index in [1.807, 2.05) is 11.0 Å². The first-order valence-electron chi connectivity index (χ1n) is 4.72. The van der Waals surface area contributed by atoms with Gasteiger partial charge in [-0.15, -0.1) is 0 Å². The molecule has 2 rings (SSSR count). The Bertz CT molecular complexity index is 408. The number of hydrogen-bond acceptors (Lipinski definition) is 3. The molecule has 0 N–H and O–H groups in total. The second-order valence-electron chi connectivity index (χ2n) is 3.54. The molecule has 1 aromatic rings. The summed E-state index contributed by atoms with van der Waals surface area (Å²) < 4.78 is 18.5. The van der Waals surface area contributed by atoms with Gasteiger partial charge in [-0.1, -0.05) is 0 Å². The van der Waals surface area contributed by atoms with Crippen molar-refractivity contribution < 1.29 is 9.13 Å². The first-order chi connectivity index (χ1) is 7.24. The molecular formula is C11H11FN2O. The number of nitriles is 1. The summed E-state index contributed by atoms with van der Waals surface area (Å²) in [6.07, 6.45) is 0.176. The molecule has 1 fully saturated rings. The summed E-state index contributed by atoms with van der Waals surface area (Å²) >= 11 is 0. The highest BCUT2D eigenvalue weighted by atomic mass is 19.1. The van der Waals surface area contributed by atoms with E-state index in [1.54, 1.807) is 13.2 Å². The van der Waals surface area contributed by atoms with Crippen LogP contribution in [0.5, 0.6) is 0 Å². The monoisotopic (exact) mass is 206 g/mol. The smallest absolute Gasteiger partial charge is 0.146 e. The fourth-order valence-electron chi connectivity index (χ4n) is 1.61. The van der Waals surface area contributed by atoms with Gasteiger partial charge < -0.3 is 9.64 Å². The highest BCUT2D eigenvalue weighted by Gasteiger charge is 2.28. The summed E-state index contributed by atoms with van der Waals surface area (Å²) in [6, 6.07) is 6.37. The van der Waals surface area contributed by atoms with Crippen LogP contribution < -0.4 is 4.90 Å². The van der Waals surface area contributed by atoms with Gasteiger partial charge in [0.2, 0.25) is 0 Å². The summed E-state index contributed by atoms with van der Waals surface area (Å²) in [4.78, 5) is 1.87. The van der Waals surface area contributed by atoms with Crippen LogP contribution in [-0.2, 0) is 4.74 Å². The van der Waals surface area contributed by atoms with Crippen molar-refractivity contribution in [1.82, 2.24) is 0 Å². The highest BCUT2D eigenvalue weighted by molar-refractivity contribution is 5.54. The molecule has 0 bridgehead atoms. The predicted molar refractivity (Wildman–Crippen MR) is 54.1 cm³/mol. The minimum absolute atomic E-state index is 0.176. The zero-order valence-electron chi connectivity index (χ0n) is 8.40. The molecule has 0 unspecified atom stereocenters. The number of nitrogens with zero attached hydrogens (tertiary/aromatic N) is 2. The normalized spacial score (nSPS) is 15.9. The predicted octanol–water partition coefficient (Wildman–Crippen LogP) is 1.53. The first-order valence-corrected chi connectivity index (χ1v) is 4.72. The highest BCUT2D eigenvalue weighted by Crippen LogP contribution is 2.26. The first kappa shape index (κ1) is 9.94. The Morgan fingerprint density at radius 2 is 2.27 bits per heavy atom. The molecular weight excluding hydrogens is 195 g/mol. The Morgan fingerprint density at radius 3 is 2.87 bits per heavy atom. The van der Waals surface area contributed by atoms with E-state index in [-0.39, 0.29) is 11.9 Å². The van der Waals surface area contributed by atoms with Gasteiger partial charge in [-0.25, -0.2) is 4.39 Å². The van der Waals surface area contributed by atoms with E-state index in [2.05, 4.69) is 0 Å². The summed E-state index contributed by atoms with van der Waals surface area (Å²) in [6.45, 7) is 1.37. The van der Waals surface area contributed by atoms with Crippen LogP contribution in [0.15, 0.2) is 18.2 Å². The van der Waals surface area contributed by atoms with E-state index >= 15 is 0 Å². The Labute approximate surface area is 87.7 Å². The second-order valence-corrected chi connectivity index (χ2v) is 3.54. The lowest BCUT2D eigenvalue weighted by molar-refractivity contribution is 0.0784. The molecule has 0 amide bonds. The van der Waals surface area contributed by atoms with Crippen molar-refractivity contribution in [1.29, 1.82) is 5.26 Å². The summed E-state index contributed by atoms with van der Waals surface area (Å²) in [7, 11) is 1.64. The summed E-state index contributed by atoms with van der Waals surface area (Å²) in [5.41, 5.74) is 0.967. The van der Waals surface area contributed by atoms with Crippen molar-refractivity contribution in [3.63, 3.8) is 0 Å². The Morgan fingerprint density at radius 1 is 1.53 bits per heavy atom. The number of halogens is 1. The van der Waals surface area contributed by atoms with Gasteiger partial charge in [0.15, 0.2) is 0 Å². The Kier molecular flexibility index (Phi) is 2.57. The van der Waals surface area contributed by atoms with Crippen LogP contribution in [0.3, 0.4) is 0 Å². The molecule has 1 aliphatic rings. The molecule has 0 spiro atoms. The van der Waals surface area contributed by atoms with Crippen LogP contribution in [0.1, 0.15) is 5.56 Å². The van der Waals surface area contributed by atoms with Crippen molar-refractivity contribution in [3.8, 4) is 6.07 Å². The van der Waals surface area contributed by atoms with Crippen LogP contribution >= 0.6 is 0 Å². The van der Waals surface area contributed by atoms with Gasteiger partial charge in [-0.3, -0.25) is 0 Å². The van der Waals surface area contributed by atoms with E-state index in [0.29, 0.717) is 24.3 Å². The molecule has 78 valence electrons. The van der Waals surface area contributed by atoms with Crippen LogP contribution in [0, 0.1) is 17.1 Å². The zero-order chi connectivity index (χ0) is 10.8. The molecule has 1 saturated heterocycles. The van der Waals surface area contributed by atoms with Crippen LogP contribution in [0.25, 0.3) is 0 Å². The van der Waals surface area contributed by atoms with Crippen molar-refractivity contribution in [2.45, 2.75) is 6.10 Å². The summed E-state index contributed by atoms with van der Waals surface area (Å²) in [5, 5.41) is 8.71. The van der Waals surface area contributed by atoms with Gasteiger partial charge in [0.1, 0.15) is 5.82 Å². The number of benzene rings is 1. The average Bonchev–Trinajstić information content (AvgIpc) is 2.19. The number of anilines is 1. The summed E-state index contributed by atoms with van der Waals surface area (Å²) in [5.74, 6) is -0.288. The minimum Gasteiger partial charge on any atom is -0.378 e. The molecule has 3 nitrogen and oxygen atoms in total. The molecule has 1 aromatic carbocycles. The third-order valence-electron chi connectivity index (χ3n) is 2.60. The standard InChI is InChI=1S/C11H11FN2O/c1-15-9-6-14(7-9)11-4-8(5-13)2-3-10(11)12/h2-4,9H,6-7H2,1H3. The van der Waals surface area contributed by atoms with Gasteiger partial charge in [0.25, 0.3) is 0 Å². The quantitative estimate of drug-likeness (QED) is 0.736. The van der Waals surface area contributed by atoms with Gasteiger partial charge in [0.05, 0.1) is 23.4 Å². The lowest BCUT2D eigenvalue weighted by Crippen LogP contribution is -2.52.